The van der Waals surface area contributed by atoms with E-state index in [9.17, 15) is 9.59 Å². The van der Waals surface area contributed by atoms with Crippen LogP contribution in [0, 0.1) is 5.92 Å². The number of carbonyl (C=O) groups is 2. The second-order valence-electron chi connectivity index (χ2n) is 3.41. The first-order valence-corrected chi connectivity index (χ1v) is 5.06. The summed E-state index contributed by atoms with van der Waals surface area (Å²) in [5.41, 5.74) is 0. The Morgan fingerprint density at radius 2 is 1.93 bits per heavy atom. The molecular formula is C9H18N2O2S. The number of nitrogens with zero attached hydrogens (tertiary/aromatic N) is 1. The Morgan fingerprint density at radius 1 is 1.43 bits per heavy atom. The maximum atomic E-state index is 11.4. The van der Waals surface area contributed by atoms with E-state index in [0.717, 1.165) is 0 Å². The largest absolute Gasteiger partial charge is 0.359 e. The molecule has 0 saturated heterocycles. The predicted octanol–water partition coefficient (Wildman–Crippen LogP) is 0.145. The lowest BCUT2D eigenvalue weighted by Crippen LogP contribution is -2.39. The van der Waals surface area contributed by atoms with Crippen molar-refractivity contribution in [3.05, 3.63) is 0 Å². The Balaban J connectivity index is 4.12. The van der Waals surface area contributed by atoms with Crippen LogP contribution in [-0.4, -0.2) is 42.6 Å². The molecule has 82 valence electrons. The van der Waals surface area contributed by atoms with Crippen molar-refractivity contribution >= 4 is 24.4 Å². The van der Waals surface area contributed by atoms with Gasteiger partial charge >= 0.3 is 0 Å². The minimum atomic E-state index is -0.322. The number of hydrogen-bond donors (Lipinski definition) is 2. The fourth-order valence-corrected chi connectivity index (χ4v) is 1.35. The lowest BCUT2D eigenvalue weighted by atomic mass is 10.1. The highest BCUT2D eigenvalue weighted by Crippen LogP contribution is 2.03. The fourth-order valence-electron chi connectivity index (χ4n) is 1.15. The van der Waals surface area contributed by atoms with E-state index in [-0.39, 0.29) is 23.0 Å². The fraction of sp³-hybridized carbons (Fsp3) is 0.778. The molecule has 2 amide bonds. The molecule has 2 unspecified atom stereocenters. The van der Waals surface area contributed by atoms with Gasteiger partial charge in [0, 0.05) is 20.6 Å². The Morgan fingerprint density at radius 3 is 2.29 bits per heavy atom. The van der Waals surface area contributed by atoms with Gasteiger partial charge in [-0.3, -0.25) is 9.59 Å². The van der Waals surface area contributed by atoms with E-state index in [4.69, 9.17) is 0 Å². The van der Waals surface area contributed by atoms with Crippen molar-refractivity contribution in [2.45, 2.75) is 19.1 Å². The molecule has 0 aromatic carbocycles. The van der Waals surface area contributed by atoms with Gasteiger partial charge in [-0.25, -0.2) is 0 Å². The molecule has 14 heavy (non-hydrogen) atoms. The molecule has 0 aromatic heterocycles. The molecule has 0 aliphatic carbocycles. The molecule has 0 radical (unpaired) electrons. The second kappa shape index (κ2) is 5.90. The highest BCUT2D eigenvalue weighted by atomic mass is 32.1. The molecule has 1 N–H and O–H groups in total. The normalized spacial score (nSPS) is 14.4. The third-order valence-electron chi connectivity index (χ3n) is 1.98. The minimum absolute atomic E-state index is 0.0588. The number of amides is 2. The Kier molecular flexibility index (Phi) is 5.60. The molecule has 0 aliphatic rings. The zero-order valence-electron chi connectivity index (χ0n) is 9.07. The summed E-state index contributed by atoms with van der Waals surface area (Å²) in [5.74, 6) is -0.318. The summed E-state index contributed by atoms with van der Waals surface area (Å²) >= 11 is 4.04. The summed E-state index contributed by atoms with van der Waals surface area (Å²) in [4.78, 5) is 24.1. The van der Waals surface area contributed by atoms with Crippen molar-refractivity contribution in [3.63, 3.8) is 0 Å². The van der Waals surface area contributed by atoms with Crippen LogP contribution in [0.3, 0.4) is 0 Å². The van der Waals surface area contributed by atoms with Crippen molar-refractivity contribution in [2.24, 2.45) is 5.92 Å². The molecule has 0 aromatic rings. The molecule has 0 heterocycles. The van der Waals surface area contributed by atoms with Crippen LogP contribution in [0.25, 0.3) is 0 Å². The van der Waals surface area contributed by atoms with E-state index < -0.39 is 0 Å². The molecule has 0 bridgehead atoms. The van der Waals surface area contributed by atoms with Gasteiger partial charge in [-0.1, -0.05) is 6.92 Å². The Hall–Kier alpha value is -0.710. The van der Waals surface area contributed by atoms with Crippen molar-refractivity contribution in [3.8, 4) is 0 Å². The summed E-state index contributed by atoms with van der Waals surface area (Å²) in [6, 6.07) is 0. The number of carbonyl (C=O) groups excluding carboxylic acids is 2. The van der Waals surface area contributed by atoms with Crippen molar-refractivity contribution < 1.29 is 9.59 Å². The van der Waals surface area contributed by atoms with Crippen LogP contribution in [0.2, 0.25) is 0 Å². The van der Waals surface area contributed by atoms with E-state index in [2.05, 4.69) is 17.9 Å². The van der Waals surface area contributed by atoms with Gasteiger partial charge in [0.25, 0.3) is 0 Å². The van der Waals surface area contributed by atoms with E-state index in [1.54, 1.807) is 27.9 Å². The van der Waals surface area contributed by atoms with Crippen LogP contribution < -0.4 is 5.32 Å². The number of nitrogens with one attached hydrogen (secondary N) is 1. The standard InChI is InChI=1S/C9H18N2O2S/c1-6(8(12)10-3)5-11(4)9(13)7(2)14/h6-7,14H,5H2,1-4H3,(H,10,12). The number of hydrogen-bond acceptors (Lipinski definition) is 3. The van der Waals surface area contributed by atoms with Crippen molar-refractivity contribution in [1.29, 1.82) is 0 Å². The highest BCUT2D eigenvalue weighted by molar-refractivity contribution is 7.81. The first-order valence-electron chi connectivity index (χ1n) is 4.54. The van der Waals surface area contributed by atoms with Gasteiger partial charge in [0.2, 0.25) is 11.8 Å². The van der Waals surface area contributed by atoms with Gasteiger partial charge < -0.3 is 10.2 Å². The quantitative estimate of drug-likeness (QED) is 0.660. The van der Waals surface area contributed by atoms with E-state index >= 15 is 0 Å². The van der Waals surface area contributed by atoms with Crippen LogP contribution >= 0.6 is 12.6 Å². The molecule has 0 aliphatic heterocycles. The smallest absolute Gasteiger partial charge is 0.234 e. The average molecular weight is 218 g/mol. The summed E-state index contributed by atoms with van der Waals surface area (Å²) in [6.45, 7) is 3.92. The maximum absolute atomic E-state index is 11.4. The first-order chi connectivity index (χ1) is 6.40. The van der Waals surface area contributed by atoms with Gasteiger partial charge in [-0.15, -0.1) is 0 Å². The van der Waals surface area contributed by atoms with Gasteiger partial charge in [0.05, 0.1) is 11.2 Å². The summed E-state index contributed by atoms with van der Waals surface area (Å²) in [5, 5.41) is 2.22. The summed E-state index contributed by atoms with van der Waals surface area (Å²) < 4.78 is 0. The van der Waals surface area contributed by atoms with Crippen LogP contribution in [0.15, 0.2) is 0 Å². The maximum Gasteiger partial charge on any atom is 0.234 e. The molecule has 0 spiro atoms. The predicted molar refractivity (Wildman–Crippen MR) is 59.3 cm³/mol. The summed E-state index contributed by atoms with van der Waals surface area (Å²) in [7, 11) is 3.26. The van der Waals surface area contributed by atoms with Crippen LogP contribution in [0.4, 0.5) is 0 Å². The second-order valence-corrected chi connectivity index (χ2v) is 4.18. The minimum Gasteiger partial charge on any atom is -0.359 e. The third-order valence-corrected chi connectivity index (χ3v) is 2.20. The lowest BCUT2D eigenvalue weighted by Gasteiger charge is -2.22. The van der Waals surface area contributed by atoms with E-state index in [0.29, 0.717) is 6.54 Å². The van der Waals surface area contributed by atoms with E-state index in [1.165, 1.54) is 4.90 Å². The number of rotatable bonds is 4. The summed E-state index contributed by atoms with van der Waals surface area (Å²) in [6.07, 6.45) is 0. The van der Waals surface area contributed by atoms with Crippen LogP contribution in [0.5, 0.6) is 0 Å². The van der Waals surface area contributed by atoms with Crippen molar-refractivity contribution in [1.82, 2.24) is 10.2 Å². The Bertz CT molecular complexity index is 219. The Labute approximate surface area is 90.4 Å². The topological polar surface area (TPSA) is 49.4 Å². The molecule has 0 fully saturated rings. The zero-order chi connectivity index (χ0) is 11.3. The molecule has 2 atom stereocenters. The molecule has 5 heteroatoms. The SMILES string of the molecule is CNC(=O)C(C)CN(C)C(=O)C(C)S. The molecule has 0 saturated carbocycles. The molecule has 4 nitrogen and oxygen atoms in total. The van der Waals surface area contributed by atoms with Gasteiger partial charge in [-0.05, 0) is 6.92 Å². The lowest BCUT2D eigenvalue weighted by molar-refractivity contribution is -0.131. The number of thiol groups is 1. The third kappa shape index (κ3) is 4.00. The highest BCUT2D eigenvalue weighted by Gasteiger charge is 2.19. The average Bonchev–Trinajstić information content (AvgIpc) is 2.14. The monoisotopic (exact) mass is 218 g/mol. The first kappa shape index (κ1) is 13.3. The molecule has 0 rings (SSSR count). The van der Waals surface area contributed by atoms with E-state index in [1.807, 2.05) is 0 Å². The van der Waals surface area contributed by atoms with Crippen LogP contribution in [-0.2, 0) is 9.59 Å². The van der Waals surface area contributed by atoms with Crippen LogP contribution in [0.1, 0.15) is 13.8 Å². The van der Waals surface area contributed by atoms with Gasteiger partial charge in [0.15, 0.2) is 0 Å². The van der Waals surface area contributed by atoms with Crippen molar-refractivity contribution in [2.75, 3.05) is 20.6 Å². The van der Waals surface area contributed by atoms with Gasteiger partial charge in [-0.2, -0.15) is 12.6 Å². The zero-order valence-corrected chi connectivity index (χ0v) is 9.97. The van der Waals surface area contributed by atoms with Gasteiger partial charge in [0.1, 0.15) is 0 Å². The molecular weight excluding hydrogens is 200 g/mol.